The van der Waals surface area contributed by atoms with Gasteiger partial charge in [-0.1, -0.05) is 18.2 Å². The summed E-state index contributed by atoms with van der Waals surface area (Å²) in [6.07, 6.45) is 0.847. The standard InChI is InChI=1S/C21H29N3O3S/c1-15(2)22-21(26)23-20(25)14-24(16(3)12-19-6-5-11-28-19)13-17-7-9-18(27-4)10-8-17/h5-11,15-16H,12-14H2,1-4H3,(H2,22,23,25,26). The summed E-state index contributed by atoms with van der Waals surface area (Å²) in [5.74, 6) is 0.481. The van der Waals surface area contributed by atoms with Crippen molar-refractivity contribution in [1.29, 1.82) is 0 Å². The summed E-state index contributed by atoms with van der Waals surface area (Å²) in [6, 6.07) is 11.6. The monoisotopic (exact) mass is 403 g/mol. The molecule has 7 heteroatoms. The molecule has 0 radical (unpaired) electrons. The first-order valence-corrected chi connectivity index (χ1v) is 10.2. The fourth-order valence-corrected chi connectivity index (χ4v) is 3.66. The summed E-state index contributed by atoms with van der Waals surface area (Å²) >= 11 is 1.71. The summed E-state index contributed by atoms with van der Waals surface area (Å²) in [5, 5.41) is 7.14. The second kappa shape index (κ2) is 10.8. The summed E-state index contributed by atoms with van der Waals surface area (Å²) in [4.78, 5) is 27.6. The molecule has 6 nitrogen and oxygen atoms in total. The van der Waals surface area contributed by atoms with E-state index in [4.69, 9.17) is 4.74 Å². The highest BCUT2D eigenvalue weighted by atomic mass is 32.1. The normalized spacial score (nSPS) is 12.1. The SMILES string of the molecule is COc1ccc(CN(CC(=O)NC(=O)NC(C)C)C(C)Cc2cccs2)cc1. The van der Waals surface area contributed by atoms with Gasteiger partial charge in [0.05, 0.1) is 13.7 Å². The maximum Gasteiger partial charge on any atom is 0.321 e. The summed E-state index contributed by atoms with van der Waals surface area (Å²) in [5.41, 5.74) is 1.08. The van der Waals surface area contributed by atoms with Gasteiger partial charge in [-0.25, -0.2) is 4.79 Å². The molecule has 0 aliphatic carbocycles. The Morgan fingerprint density at radius 2 is 1.86 bits per heavy atom. The van der Waals surface area contributed by atoms with Crippen LogP contribution in [-0.2, 0) is 17.8 Å². The van der Waals surface area contributed by atoms with Crippen molar-refractivity contribution in [2.45, 2.75) is 45.8 Å². The molecule has 2 N–H and O–H groups in total. The topological polar surface area (TPSA) is 70.7 Å². The van der Waals surface area contributed by atoms with Crippen LogP contribution in [0.5, 0.6) is 5.75 Å². The van der Waals surface area contributed by atoms with E-state index in [0.29, 0.717) is 6.54 Å². The Kier molecular flexibility index (Phi) is 8.47. The third-order valence-electron chi connectivity index (χ3n) is 4.26. The second-order valence-corrected chi connectivity index (χ2v) is 8.09. The minimum absolute atomic E-state index is 0.0269. The van der Waals surface area contributed by atoms with Gasteiger partial charge in [0.15, 0.2) is 0 Å². The van der Waals surface area contributed by atoms with Gasteiger partial charge in [0.25, 0.3) is 0 Å². The molecule has 1 heterocycles. The van der Waals surface area contributed by atoms with E-state index in [-0.39, 0.29) is 24.5 Å². The van der Waals surface area contributed by atoms with E-state index in [0.717, 1.165) is 17.7 Å². The molecule has 0 saturated carbocycles. The van der Waals surface area contributed by atoms with Gasteiger partial charge >= 0.3 is 6.03 Å². The molecule has 28 heavy (non-hydrogen) atoms. The summed E-state index contributed by atoms with van der Waals surface area (Å²) < 4.78 is 5.21. The highest BCUT2D eigenvalue weighted by molar-refractivity contribution is 7.09. The number of ether oxygens (including phenoxy) is 1. The number of carbonyl (C=O) groups excluding carboxylic acids is 2. The van der Waals surface area contributed by atoms with E-state index in [2.05, 4.69) is 33.9 Å². The van der Waals surface area contributed by atoms with Crippen LogP contribution in [-0.4, -0.2) is 42.6 Å². The summed E-state index contributed by atoms with van der Waals surface area (Å²) in [6.45, 7) is 6.55. The minimum Gasteiger partial charge on any atom is -0.497 e. The van der Waals surface area contributed by atoms with E-state index < -0.39 is 6.03 Å². The van der Waals surface area contributed by atoms with Crippen LogP contribution in [0.15, 0.2) is 41.8 Å². The first-order chi connectivity index (χ1) is 13.4. The average Bonchev–Trinajstić information content (AvgIpc) is 3.13. The van der Waals surface area contributed by atoms with Crippen molar-refractivity contribution in [3.05, 3.63) is 52.2 Å². The zero-order valence-corrected chi connectivity index (χ0v) is 17.7. The lowest BCUT2D eigenvalue weighted by Crippen LogP contribution is -2.48. The van der Waals surface area contributed by atoms with E-state index in [9.17, 15) is 9.59 Å². The highest BCUT2D eigenvalue weighted by Crippen LogP contribution is 2.18. The first-order valence-electron chi connectivity index (χ1n) is 9.37. The molecule has 2 aromatic rings. The lowest BCUT2D eigenvalue weighted by Gasteiger charge is -2.28. The molecule has 0 bridgehead atoms. The van der Waals surface area contributed by atoms with E-state index in [1.165, 1.54) is 4.88 Å². The van der Waals surface area contributed by atoms with E-state index in [1.807, 2.05) is 44.2 Å². The molecule has 2 rings (SSSR count). The van der Waals surface area contributed by atoms with Crippen LogP contribution in [0.2, 0.25) is 0 Å². The number of rotatable bonds is 9. The van der Waals surface area contributed by atoms with Crippen molar-refractivity contribution in [2.24, 2.45) is 0 Å². The van der Waals surface area contributed by atoms with Gasteiger partial charge in [0, 0.05) is 23.5 Å². The van der Waals surface area contributed by atoms with Gasteiger partial charge in [0.2, 0.25) is 5.91 Å². The Morgan fingerprint density at radius 1 is 1.14 bits per heavy atom. The lowest BCUT2D eigenvalue weighted by atomic mass is 10.1. The van der Waals surface area contributed by atoms with Crippen molar-refractivity contribution >= 4 is 23.3 Å². The molecule has 1 aromatic carbocycles. The second-order valence-electron chi connectivity index (χ2n) is 7.06. The predicted molar refractivity (Wildman–Crippen MR) is 113 cm³/mol. The highest BCUT2D eigenvalue weighted by Gasteiger charge is 2.20. The Morgan fingerprint density at radius 3 is 2.43 bits per heavy atom. The van der Waals surface area contributed by atoms with Crippen molar-refractivity contribution in [2.75, 3.05) is 13.7 Å². The number of hydrogen-bond donors (Lipinski definition) is 2. The Labute approximate surface area is 170 Å². The van der Waals surface area contributed by atoms with Gasteiger partial charge in [-0.2, -0.15) is 0 Å². The Balaban J connectivity index is 2.05. The van der Waals surface area contributed by atoms with Gasteiger partial charge in [-0.15, -0.1) is 11.3 Å². The van der Waals surface area contributed by atoms with Gasteiger partial charge in [0.1, 0.15) is 5.75 Å². The molecule has 1 atom stereocenters. The van der Waals surface area contributed by atoms with Gasteiger partial charge in [-0.05, 0) is 56.3 Å². The number of methoxy groups -OCH3 is 1. The van der Waals surface area contributed by atoms with Crippen LogP contribution in [0.25, 0.3) is 0 Å². The minimum atomic E-state index is -0.463. The molecule has 0 fully saturated rings. The number of urea groups is 1. The van der Waals surface area contributed by atoms with Crippen LogP contribution >= 0.6 is 11.3 Å². The number of carbonyl (C=O) groups is 2. The van der Waals surface area contributed by atoms with E-state index >= 15 is 0 Å². The number of hydrogen-bond acceptors (Lipinski definition) is 5. The zero-order valence-electron chi connectivity index (χ0n) is 16.9. The van der Waals surface area contributed by atoms with Gasteiger partial charge < -0.3 is 10.1 Å². The molecule has 1 aromatic heterocycles. The maximum atomic E-state index is 12.4. The molecular weight excluding hydrogens is 374 g/mol. The van der Waals surface area contributed by atoms with Crippen LogP contribution in [0.4, 0.5) is 4.79 Å². The number of nitrogens with one attached hydrogen (secondary N) is 2. The van der Waals surface area contributed by atoms with Crippen LogP contribution in [0.1, 0.15) is 31.2 Å². The molecule has 1 unspecified atom stereocenters. The molecule has 0 spiro atoms. The fraction of sp³-hybridized carbons (Fsp3) is 0.429. The van der Waals surface area contributed by atoms with Crippen LogP contribution in [0, 0.1) is 0 Å². The van der Waals surface area contributed by atoms with Crippen molar-refractivity contribution in [3.63, 3.8) is 0 Å². The number of thiophene rings is 1. The first kappa shape index (κ1) is 21.9. The van der Waals surface area contributed by atoms with Crippen LogP contribution in [0.3, 0.4) is 0 Å². The number of benzene rings is 1. The zero-order chi connectivity index (χ0) is 20.5. The summed E-state index contributed by atoms with van der Waals surface area (Å²) in [7, 11) is 1.64. The number of nitrogens with zero attached hydrogens (tertiary/aromatic N) is 1. The van der Waals surface area contributed by atoms with Crippen molar-refractivity contribution in [3.8, 4) is 5.75 Å². The Bertz CT molecular complexity index is 745. The Hall–Kier alpha value is -2.38. The fourth-order valence-electron chi connectivity index (χ4n) is 2.83. The molecule has 0 aliphatic rings. The quantitative estimate of drug-likeness (QED) is 0.673. The average molecular weight is 404 g/mol. The molecule has 152 valence electrons. The molecule has 3 amide bonds. The lowest BCUT2D eigenvalue weighted by molar-refractivity contribution is -0.121. The van der Waals surface area contributed by atoms with E-state index in [1.54, 1.807) is 18.4 Å². The molecule has 0 saturated heterocycles. The number of amides is 3. The maximum absolute atomic E-state index is 12.4. The molecular formula is C21H29N3O3S. The molecule has 0 aliphatic heterocycles. The smallest absolute Gasteiger partial charge is 0.321 e. The van der Waals surface area contributed by atoms with Gasteiger partial charge in [-0.3, -0.25) is 15.0 Å². The third-order valence-corrected chi connectivity index (χ3v) is 5.16. The predicted octanol–water partition coefficient (Wildman–Crippen LogP) is 3.42. The largest absolute Gasteiger partial charge is 0.497 e. The van der Waals surface area contributed by atoms with Crippen molar-refractivity contribution in [1.82, 2.24) is 15.5 Å². The van der Waals surface area contributed by atoms with Crippen LogP contribution < -0.4 is 15.4 Å². The third kappa shape index (κ3) is 7.32. The number of imide groups is 1. The van der Waals surface area contributed by atoms with Crippen molar-refractivity contribution < 1.29 is 14.3 Å².